The first-order valence-electron chi connectivity index (χ1n) is 7.64. The van der Waals surface area contributed by atoms with E-state index in [9.17, 15) is 13.6 Å². The van der Waals surface area contributed by atoms with Crippen LogP contribution < -0.4 is 16.4 Å². The summed E-state index contributed by atoms with van der Waals surface area (Å²) in [5.41, 5.74) is 5.91. The summed E-state index contributed by atoms with van der Waals surface area (Å²) in [4.78, 5) is 13.3. The summed E-state index contributed by atoms with van der Waals surface area (Å²) in [5, 5.41) is 6.12. The fourth-order valence-corrected chi connectivity index (χ4v) is 2.71. The molecule has 9 heteroatoms. The second-order valence-electron chi connectivity index (χ2n) is 5.41. The maximum atomic E-state index is 13.3. The van der Waals surface area contributed by atoms with E-state index in [0.717, 1.165) is 12.1 Å². The summed E-state index contributed by atoms with van der Waals surface area (Å²) >= 11 is 5.18. The van der Waals surface area contributed by atoms with E-state index in [1.54, 1.807) is 11.8 Å². The van der Waals surface area contributed by atoms with Crippen LogP contribution in [-0.2, 0) is 4.74 Å². The number of nitrogens with two attached hydrogens (primary N) is 1. The summed E-state index contributed by atoms with van der Waals surface area (Å²) in [7, 11) is 0. The first-order valence-corrected chi connectivity index (χ1v) is 8.05. The quantitative estimate of drug-likeness (QED) is 0.569. The number of nitrogen functional groups attached to an aromatic ring is 1. The second-order valence-corrected chi connectivity index (χ2v) is 5.82. The number of anilines is 2. The van der Waals surface area contributed by atoms with Crippen LogP contribution in [0.5, 0.6) is 0 Å². The van der Waals surface area contributed by atoms with Crippen molar-refractivity contribution in [3.05, 3.63) is 23.8 Å². The number of carbonyl (C=O) groups is 1. The fraction of sp³-hybridized carbons (Fsp3) is 0.467. The second kappa shape index (κ2) is 8.09. The molecule has 0 unspecified atom stereocenters. The molecule has 0 bridgehead atoms. The number of rotatable bonds is 3. The van der Waals surface area contributed by atoms with E-state index in [1.165, 1.54) is 0 Å². The van der Waals surface area contributed by atoms with Crippen molar-refractivity contribution in [2.75, 3.05) is 30.7 Å². The monoisotopic (exact) mass is 358 g/mol. The molecule has 1 aromatic carbocycles. The van der Waals surface area contributed by atoms with Crippen LogP contribution in [0.1, 0.15) is 19.8 Å². The van der Waals surface area contributed by atoms with E-state index in [-0.39, 0.29) is 28.6 Å². The summed E-state index contributed by atoms with van der Waals surface area (Å²) in [5.74, 6) is -2.01. The van der Waals surface area contributed by atoms with Crippen LogP contribution in [0, 0.1) is 11.6 Å². The molecule has 1 aromatic rings. The van der Waals surface area contributed by atoms with Crippen molar-refractivity contribution in [1.29, 1.82) is 0 Å². The normalized spacial score (nSPS) is 15.0. The SMILES string of the molecule is CCOC(=O)N1CCC(NC(=S)Nc2cc(F)c(F)cc2N)CC1. The standard InChI is InChI=1S/C15H20F2N4O2S/c1-2-23-15(22)21-5-3-9(4-6-21)19-14(24)20-13-8-11(17)10(16)7-12(13)18/h7-9H,2-6,18H2,1H3,(H2,19,20,24). The molecule has 0 aromatic heterocycles. The van der Waals surface area contributed by atoms with Crippen molar-refractivity contribution in [2.24, 2.45) is 0 Å². The van der Waals surface area contributed by atoms with E-state index in [4.69, 9.17) is 22.7 Å². The van der Waals surface area contributed by atoms with Gasteiger partial charge in [-0.25, -0.2) is 13.6 Å². The highest BCUT2D eigenvalue weighted by Crippen LogP contribution is 2.22. The molecule has 1 aliphatic heterocycles. The number of carbonyl (C=O) groups excluding carboxylic acids is 1. The van der Waals surface area contributed by atoms with Gasteiger partial charge in [0, 0.05) is 31.3 Å². The molecule has 6 nitrogen and oxygen atoms in total. The van der Waals surface area contributed by atoms with Crippen molar-refractivity contribution in [3.8, 4) is 0 Å². The third kappa shape index (κ3) is 4.67. The molecule has 1 amide bonds. The Kier molecular flexibility index (Phi) is 6.13. The zero-order chi connectivity index (χ0) is 17.7. The first kappa shape index (κ1) is 18.2. The Morgan fingerprint density at radius 1 is 1.38 bits per heavy atom. The van der Waals surface area contributed by atoms with Crippen LogP contribution >= 0.6 is 12.2 Å². The molecule has 0 aliphatic carbocycles. The van der Waals surface area contributed by atoms with Gasteiger partial charge >= 0.3 is 6.09 Å². The van der Waals surface area contributed by atoms with E-state index in [0.29, 0.717) is 32.5 Å². The molecule has 1 saturated heterocycles. The van der Waals surface area contributed by atoms with Gasteiger partial charge in [-0.3, -0.25) is 0 Å². The number of likely N-dealkylation sites (tertiary alicyclic amines) is 1. The third-order valence-corrected chi connectivity index (χ3v) is 3.92. The molecule has 1 heterocycles. The largest absolute Gasteiger partial charge is 0.450 e. The van der Waals surface area contributed by atoms with Gasteiger partial charge in [0.15, 0.2) is 16.7 Å². The number of ether oxygens (including phenoxy) is 1. The van der Waals surface area contributed by atoms with Gasteiger partial charge in [0.2, 0.25) is 0 Å². The Balaban J connectivity index is 1.84. The number of amides is 1. The zero-order valence-corrected chi connectivity index (χ0v) is 14.1. The Labute approximate surface area is 144 Å². The highest BCUT2D eigenvalue weighted by Gasteiger charge is 2.24. The predicted octanol–water partition coefficient (Wildman–Crippen LogP) is 2.45. The number of hydrogen-bond acceptors (Lipinski definition) is 4. The van der Waals surface area contributed by atoms with Crippen LogP contribution in [0.2, 0.25) is 0 Å². The molecule has 1 fully saturated rings. The van der Waals surface area contributed by atoms with Gasteiger partial charge in [0.25, 0.3) is 0 Å². The van der Waals surface area contributed by atoms with Gasteiger partial charge in [-0.15, -0.1) is 0 Å². The Bertz CT molecular complexity index is 622. The van der Waals surface area contributed by atoms with Crippen LogP contribution in [0.3, 0.4) is 0 Å². The Hall–Kier alpha value is -2.16. The van der Waals surface area contributed by atoms with Gasteiger partial charge in [-0.2, -0.15) is 0 Å². The number of piperidine rings is 1. The van der Waals surface area contributed by atoms with Crippen LogP contribution in [0.15, 0.2) is 12.1 Å². The predicted molar refractivity (Wildman–Crippen MR) is 91.7 cm³/mol. The maximum Gasteiger partial charge on any atom is 0.409 e. The summed E-state index contributed by atoms with van der Waals surface area (Å²) in [6.07, 6.45) is 1.09. The van der Waals surface area contributed by atoms with Crippen molar-refractivity contribution >= 4 is 34.8 Å². The summed E-state index contributed by atoms with van der Waals surface area (Å²) in [6, 6.07) is 1.93. The van der Waals surface area contributed by atoms with Crippen LogP contribution in [0.25, 0.3) is 0 Å². The van der Waals surface area contributed by atoms with Gasteiger partial charge in [0.1, 0.15) is 0 Å². The minimum Gasteiger partial charge on any atom is -0.450 e. The average Bonchev–Trinajstić information content (AvgIpc) is 2.53. The van der Waals surface area contributed by atoms with Gasteiger partial charge in [-0.1, -0.05) is 0 Å². The van der Waals surface area contributed by atoms with Crippen LogP contribution in [0.4, 0.5) is 25.0 Å². The molecule has 24 heavy (non-hydrogen) atoms. The van der Waals surface area contributed by atoms with E-state index in [2.05, 4.69) is 10.6 Å². The molecule has 4 N–H and O–H groups in total. The molecular formula is C15H20F2N4O2S. The van der Waals surface area contributed by atoms with Crippen molar-refractivity contribution < 1.29 is 18.3 Å². The molecule has 1 aliphatic rings. The van der Waals surface area contributed by atoms with Gasteiger partial charge in [-0.05, 0) is 32.0 Å². The molecule has 0 spiro atoms. The molecule has 0 saturated carbocycles. The minimum absolute atomic E-state index is 0.0650. The van der Waals surface area contributed by atoms with Crippen molar-refractivity contribution in [1.82, 2.24) is 10.2 Å². The van der Waals surface area contributed by atoms with E-state index < -0.39 is 11.6 Å². The molecule has 2 rings (SSSR count). The highest BCUT2D eigenvalue weighted by molar-refractivity contribution is 7.80. The van der Waals surface area contributed by atoms with E-state index >= 15 is 0 Å². The molecule has 0 radical (unpaired) electrons. The van der Waals surface area contributed by atoms with Gasteiger partial charge < -0.3 is 26.0 Å². The number of thiocarbonyl (C=S) groups is 1. The van der Waals surface area contributed by atoms with Crippen LogP contribution in [-0.4, -0.2) is 41.8 Å². The van der Waals surface area contributed by atoms with Crippen molar-refractivity contribution in [3.63, 3.8) is 0 Å². The molecular weight excluding hydrogens is 338 g/mol. The lowest BCUT2D eigenvalue weighted by molar-refractivity contribution is 0.0964. The maximum absolute atomic E-state index is 13.3. The number of hydrogen-bond donors (Lipinski definition) is 3. The fourth-order valence-electron chi connectivity index (χ4n) is 2.44. The summed E-state index contributed by atoms with van der Waals surface area (Å²) in [6.45, 7) is 3.24. The molecule has 132 valence electrons. The topological polar surface area (TPSA) is 79.6 Å². The van der Waals surface area contributed by atoms with Gasteiger partial charge in [0.05, 0.1) is 18.0 Å². The zero-order valence-electron chi connectivity index (χ0n) is 13.3. The average molecular weight is 358 g/mol. The number of nitrogens with zero attached hydrogens (tertiary/aromatic N) is 1. The number of halogens is 2. The third-order valence-electron chi connectivity index (χ3n) is 3.70. The first-order chi connectivity index (χ1) is 11.4. The minimum atomic E-state index is -1.01. The van der Waals surface area contributed by atoms with E-state index in [1.807, 2.05) is 0 Å². The lowest BCUT2D eigenvalue weighted by Crippen LogP contribution is -2.47. The lowest BCUT2D eigenvalue weighted by Gasteiger charge is -2.32. The smallest absolute Gasteiger partial charge is 0.409 e. The Morgan fingerprint density at radius 3 is 2.62 bits per heavy atom. The van der Waals surface area contributed by atoms with Crippen molar-refractivity contribution in [2.45, 2.75) is 25.8 Å². The Morgan fingerprint density at radius 2 is 2.00 bits per heavy atom. The number of nitrogens with one attached hydrogen (secondary N) is 2. The summed E-state index contributed by atoms with van der Waals surface area (Å²) < 4.78 is 31.3. The highest BCUT2D eigenvalue weighted by atomic mass is 32.1. The number of benzene rings is 1. The lowest BCUT2D eigenvalue weighted by atomic mass is 10.1. The molecule has 0 atom stereocenters.